The minimum atomic E-state index is 0.625. The van der Waals surface area contributed by atoms with Crippen molar-refractivity contribution in [1.29, 1.82) is 0 Å². The molecule has 3 aromatic rings. The molecule has 2 aromatic heterocycles. The smallest absolute Gasteiger partial charge is 0.137 e. The lowest BCUT2D eigenvalue weighted by molar-refractivity contribution is 1.08. The number of halogens is 3. The Labute approximate surface area is 134 Å². The van der Waals surface area contributed by atoms with Crippen molar-refractivity contribution in [2.24, 2.45) is 0 Å². The highest BCUT2D eigenvalue weighted by atomic mass is 79.9. The van der Waals surface area contributed by atoms with Crippen LogP contribution in [0.25, 0.3) is 5.65 Å². The van der Waals surface area contributed by atoms with Gasteiger partial charge < -0.3 is 9.72 Å². The van der Waals surface area contributed by atoms with Crippen LogP contribution < -0.4 is 5.32 Å². The summed E-state index contributed by atoms with van der Waals surface area (Å²) < 4.78 is 2.84. The molecule has 3 rings (SSSR count). The van der Waals surface area contributed by atoms with E-state index in [4.69, 9.17) is 23.2 Å². The highest BCUT2D eigenvalue weighted by Crippen LogP contribution is 2.26. The summed E-state index contributed by atoms with van der Waals surface area (Å²) >= 11 is 15.3. The van der Waals surface area contributed by atoms with Crippen LogP contribution in [0.5, 0.6) is 0 Å². The third kappa shape index (κ3) is 2.92. The molecule has 0 unspecified atom stereocenters. The Morgan fingerprint density at radius 3 is 2.70 bits per heavy atom. The Kier molecular flexibility index (Phi) is 3.87. The third-order valence-electron chi connectivity index (χ3n) is 2.86. The van der Waals surface area contributed by atoms with Gasteiger partial charge in [-0.3, -0.25) is 0 Å². The van der Waals surface area contributed by atoms with Gasteiger partial charge in [0, 0.05) is 27.6 Å². The van der Waals surface area contributed by atoms with Gasteiger partial charge in [0.05, 0.1) is 17.3 Å². The van der Waals surface area contributed by atoms with Gasteiger partial charge in [0.15, 0.2) is 0 Å². The lowest BCUT2D eigenvalue weighted by Gasteiger charge is -2.06. The predicted molar refractivity (Wildman–Crippen MR) is 86.7 cm³/mol. The minimum Gasteiger partial charge on any atom is -0.378 e. The number of aromatic nitrogens is 2. The van der Waals surface area contributed by atoms with E-state index < -0.39 is 0 Å². The monoisotopic (exact) mass is 369 g/mol. The largest absolute Gasteiger partial charge is 0.378 e. The Bertz CT molecular complexity index is 770. The van der Waals surface area contributed by atoms with Gasteiger partial charge >= 0.3 is 0 Å². The Balaban J connectivity index is 1.79. The summed E-state index contributed by atoms with van der Waals surface area (Å²) in [5.74, 6) is 0. The number of anilines is 1. The number of hydrogen-bond acceptors (Lipinski definition) is 2. The maximum Gasteiger partial charge on any atom is 0.137 e. The molecule has 0 spiro atoms. The molecular formula is C14H10BrCl2N3. The second kappa shape index (κ2) is 5.64. The average Bonchev–Trinajstić information content (AvgIpc) is 2.79. The quantitative estimate of drug-likeness (QED) is 0.701. The predicted octanol–water partition coefficient (Wildman–Crippen LogP) is 5.02. The number of nitrogens with one attached hydrogen (secondary N) is 1. The van der Waals surface area contributed by atoms with Gasteiger partial charge in [0.2, 0.25) is 0 Å². The van der Waals surface area contributed by atoms with Crippen LogP contribution in [0.2, 0.25) is 10.0 Å². The molecule has 20 heavy (non-hydrogen) atoms. The zero-order valence-corrected chi connectivity index (χ0v) is 13.4. The van der Waals surface area contributed by atoms with Crippen molar-refractivity contribution in [3.63, 3.8) is 0 Å². The molecule has 0 saturated heterocycles. The lowest BCUT2D eigenvalue weighted by atomic mass is 10.3. The van der Waals surface area contributed by atoms with Crippen molar-refractivity contribution in [2.75, 3.05) is 5.32 Å². The summed E-state index contributed by atoms with van der Waals surface area (Å²) in [7, 11) is 0. The Morgan fingerprint density at radius 2 is 1.90 bits per heavy atom. The van der Waals surface area contributed by atoms with Crippen molar-refractivity contribution in [2.45, 2.75) is 6.54 Å². The summed E-state index contributed by atoms with van der Waals surface area (Å²) in [5, 5.41) is 4.71. The van der Waals surface area contributed by atoms with E-state index in [1.807, 2.05) is 47.1 Å². The van der Waals surface area contributed by atoms with Gasteiger partial charge in [0.25, 0.3) is 0 Å². The van der Waals surface area contributed by atoms with Crippen molar-refractivity contribution in [1.82, 2.24) is 9.38 Å². The van der Waals surface area contributed by atoms with Crippen LogP contribution in [0.4, 0.5) is 5.69 Å². The van der Waals surface area contributed by atoms with Gasteiger partial charge in [-0.2, -0.15) is 0 Å². The first-order valence-electron chi connectivity index (χ1n) is 5.94. The van der Waals surface area contributed by atoms with Crippen molar-refractivity contribution in [3.8, 4) is 0 Å². The van der Waals surface area contributed by atoms with Crippen LogP contribution in [0.15, 0.2) is 47.2 Å². The van der Waals surface area contributed by atoms with Crippen LogP contribution in [-0.4, -0.2) is 9.38 Å². The van der Waals surface area contributed by atoms with Crippen molar-refractivity contribution in [3.05, 3.63) is 62.9 Å². The minimum absolute atomic E-state index is 0.625. The molecule has 0 fully saturated rings. The van der Waals surface area contributed by atoms with Gasteiger partial charge in [-0.05, 0) is 46.3 Å². The number of imidazole rings is 1. The van der Waals surface area contributed by atoms with Gasteiger partial charge in [-0.1, -0.05) is 23.2 Å². The van der Waals surface area contributed by atoms with Crippen LogP contribution in [0, 0.1) is 0 Å². The van der Waals surface area contributed by atoms with Gasteiger partial charge in [-0.25, -0.2) is 4.98 Å². The standard InChI is InChI=1S/C14H10BrCl2N3/c15-12-5-9(16)1-3-13(12)18-6-11-8-20-7-10(17)2-4-14(20)19-11/h1-5,7-8,18H,6H2. The maximum absolute atomic E-state index is 5.95. The number of pyridine rings is 1. The number of benzene rings is 1. The summed E-state index contributed by atoms with van der Waals surface area (Å²) in [5.41, 5.74) is 2.79. The first-order valence-corrected chi connectivity index (χ1v) is 7.49. The molecule has 0 atom stereocenters. The van der Waals surface area contributed by atoms with E-state index >= 15 is 0 Å². The molecule has 3 nitrogen and oxygen atoms in total. The highest BCUT2D eigenvalue weighted by molar-refractivity contribution is 9.10. The summed E-state index contributed by atoms with van der Waals surface area (Å²) in [4.78, 5) is 4.52. The molecule has 2 heterocycles. The van der Waals surface area contributed by atoms with Crippen LogP contribution in [0.3, 0.4) is 0 Å². The zero-order chi connectivity index (χ0) is 14.1. The molecular weight excluding hydrogens is 361 g/mol. The number of nitrogens with zero attached hydrogens (tertiary/aromatic N) is 2. The molecule has 1 N–H and O–H groups in total. The summed E-state index contributed by atoms with van der Waals surface area (Å²) in [6.45, 7) is 0.625. The first kappa shape index (κ1) is 13.7. The Morgan fingerprint density at radius 1 is 1.10 bits per heavy atom. The van der Waals surface area contributed by atoms with Gasteiger partial charge in [0.1, 0.15) is 5.65 Å². The van der Waals surface area contributed by atoms with E-state index in [-0.39, 0.29) is 0 Å². The van der Waals surface area contributed by atoms with Crippen LogP contribution >= 0.6 is 39.1 Å². The molecule has 1 aromatic carbocycles. The molecule has 0 bridgehead atoms. The normalized spacial score (nSPS) is 10.9. The topological polar surface area (TPSA) is 29.3 Å². The SMILES string of the molecule is Clc1ccc(NCc2cn3cc(Cl)ccc3n2)c(Br)c1. The second-order valence-corrected chi connectivity index (χ2v) is 6.05. The van der Waals surface area contributed by atoms with Crippen molar-refractivity contribution >= 4 is 50.5 Å². The van der Waals surface area contributed by atoms with E-state index in [1.54, 1.807) is 0 Å². The van der Waals surface area contributed by atoms with Crippen LogP contribution in [-0.2, 0) is 6.54 Å². The molecule has 0 radical (unpaired) electrons. The highest BCUT2D eigenvalue weighted by Gasteiger charge is 2.04. The first-order chi connectivity index (χ1) is 9.61. The molecule has 102 valence electrons. The zero-order valence-electron chi connectivity index (χ0n) is 10.3. The maximum atomic E-state index is 5.95. The fourth-order valence-electron chi connectivity index (χ4n) is 1.92. The summed E-state index contributed by atoms with van der Waals surface area (Å²) in [6, 6.07) is 9.35. The third-order valence-corrected chi connectivity index (χ3v) is 3.97. The molecule has 0 aliphatic heterocycles. The fraction of sp³-hybridized carbons (Fsp3) is 0.0714. The van der Waals surface area contributed by atoms with E-state index in [0.717, 1.165) is 21.5 Å². The molecule has 0 amide bonds. The van der Waals surface area contributed by atoms with E-state index in [2.05, 4.69) is 26.2 Å². The van der Waals surface area contributed by atoms with E-state index in [9.17, 15) is 0 Å². The molecule has 0 saturated carbocycles. The Hall–Kier alpha value is -1.23. The number of fused-ring (bicyclic) bond motifs is 1. The van der Waals surface area contributed by atoms with Gasteiger partial charge in [-0.15, -0.1) is 0 Å². The average molecular weight is 371 g/mol. The number of rotatable bonds is 3. The van der Waals surface area contributed by atoms with Crippen LogP contribution in [0.1, 0.15) is 5.69 Å². The molecule has 0 aliphatic carbocycles. The summed E-state index contributed by atoms with van der Waals surface area (Å²) in [6.07, 6.45) is 3.80. The molecule has 6 heteroatoms. The lowest BCUT2D eigenvalue weighted by Crippen LogP contribution is -2.00. The van der Waals surface area contributed by atoms with E-state index in [1.165, 1.54) is 0 Å². The fourth-order valence-corrected chi connectivity index (χ4v) is 2.91. The van der Waals surface area contributed by atoms with E-state index in [0.29, 0.717) is 16.6 Å². The molecule has 0 aliphatic rings. The second-order valence-electron chi connectivity index (χ2n) is 4.32. The van der Waals surface area contributed by atoms with Crippen molar-refractivity contribution < 1.29 is 0 Å². The number of hydrogen-bond donors (Lipinski definition) is 1.